The van der Waals surface area contributed by atoms with E-state index in [2.05, 4.69) is 73.9 Å². The average Bonchev–Trinajstić information content (AvgIpc) is 2.73. The summed E-state index contributed by atoms with van der Waals surface area (Å²) in [5, 5.41) is 0. The van der Waals surface area contributed by atoms with Crippen molar-refractivity contribution in [2.24, 2.45) is 10.7 Å². The minimum Gasteiger partial charge on any atom is -0.387 e. The third-order valence-electron chi connectivity index (χ3n) is 4.23. The highest BCUT2D eigenvalue weighted by molar-refractivity contribution is 5.87. The lowest BCUT2D eigenvalue weighted by Gasteiger charge is -2.23. The molecule has 2 aromatic carbocycles. The van der Waals surface area contributed by atoms with E-state index in [1.807, 2.05) is 0 Å². The van der Waals surface area contributed by atoms with E-state index in [0.717, 1.165) is 11.1 Å². The number of nitrogens with two attached hydrogens (primary N) is 1. The molecule has 2 heteroatoms. The molecule has 1 unspecified atom stereocenters. The fourth-order valence-electron chi connectivity index (χ4n) is 2.89. The van der Waals surface area contributed by atoms with Gasteiger partial charge in [-0.2, -0.15) is 0 Å². The molecule has 1 atom stereocenters. The summed E-state index contributed by atoms with van der Waals surface area (Å²) in [5.41, 5.74) is 11.4. The van der Waals surface area contributed by atoms with Crippen LogP contribution in [0.25, 0.3) is 11.1 Å². The number of nitrogens with zero attached hydrogens (tertiary/aromatic N) is 1. The van der Waals surface area contributed by atoms with Crippen molar-refractivity contribution in [3.05, 3.63) is 71.8 Å². The van der Waals surface area contributed by atoms with E-state index >= 15 is 0 Å². The summed E-state index contributed by atoms with van der Waals surface area (Å²) >= 11 is 0. The molecule has 0 saturated carbocycles. The van der Waals surface area contributed by atoms with Crippen molar-refractivity contribution >= 4 is 5.84 Å². The lowest BCUT2D eigenvalue weighted by atomic mass is 9.85. The normalized spacial score (nSPS) is 21.4. The second-order valence-corrected chi connectivity index (χ2v) is 5.91. The van der Waals surface area contributed by atoms with Crippen molar-refractivity contribution in [2.45, 2.75) is 25.8 Å². The minimum atomic E-state index is -0.399. The van der Waals surface area contributed by atoms with E-state index < -0.39 is 5.54 Å². The first-order chi connectivity index (χ1) is 9.99. The topological polar surface area (TPSA) is 38.4 Å². The predicted molar refractivity (Wildman–Crippen MR) is 89.3 cm³/mol. The lowest BCUT2D eigenvalue weighted by Crippen LogP contribution is -2.17. The monoisotopic (exact) mass is 276 g/mol. The van der Waals surface area contributed by atoms with Gasteiger partial charge in [0.2, 0.25) is 0 Å². The van der Waals surface area contributed by atoms with Gasteiger partial charge in [0.15, 0.2) is 0 Å². The zero-order valence-corrected chi connectivity index (χ0v) is 12.6. The maximum absolute atomic E-state index is 5.90. The van der Waals surface area contributed by atoms with Crippen LogP contribution in [0.5, 0.6) is 0 Å². The average molecular weight is 276 g/mol. The number of aryl methyl sites for hydroxylation is 1. The van der Waals surface area contributed by atoms with Crippen molar-refractivity contribution in [2.75, 3.05) is 0 Å². The van der Waals surface area contributed by atoms with Gasteiger partial charge in [-0.3, -0.25) is 4.99 Å². The molecule has 0 aliphatic carbocycles. The molecule has 0 bridgehead atoms. The Morgan fingerprint density at radius 2 is 1.76 bits per heavy atom. The highest BCUT2D eigenvalue weighted by atomic mass is 15.0. The molecule has 106 valence electrons. The Balaban J connectivity index is 2.07. The van der Waals surface area contributed by atoms with Gasteiger partial charge in [0, 0.05) is 6.42 Å². The molecule has 2 nitrogen and oxygen atoms in total. The van der Waals surface area contributed by atoms with Gasteiger partial charge in [-0.1, -0.05) is 54.6 Å². The van der Waals surface area contributed by atoms with Crippen LogP contribution in [0.2, 0.25) is 0 Å². The molecule has 2 aromatic rings. The second kappa shape index (κ2) is 4.88. The van der Waals surface area contributed by atoms with Crippen molar-refractivity contribution in [1.82, 2.24) is 0 Å². The number of amidine groups is 1. The van der Waals surface area contributed by atoms with E-state index in [1.54, 1.807) is 0 Å². The SMILES string of the molecule is C=C1CC(N)=NC1(C)c1cccc(-c2cccc(C)c2)c1. The van der Waals surface area contributed by atoms with Crippen LogP contribution in [0.1, 0.15) is 24.5 Å². The van der Waals surface area contributed by atoms with E-state index in [-0.39, 0.29) is 0 Å². The van der Waals surface area contributed by atoms with Crippen molar-refractivity contribution in [1.29, 1.82) is 0 Å². The fourth-order valence-corrected chi connectivity index (χ4v) is 2.89. The minimum absolute atomic E-state index is 0.399. The van der Waals surface area contributed by atoms with Gasteiger partial charge in [-0.05, 0) is 42.2 Å². The third-order valence-corrected chi connectivity index (χ3v) is 4.23. The van der Waals surface area contributed by atoms with Gasteiger partial charge >= 0.3 is 0 Å². The molecule has 0 spiro atoms. The maximum atomic E-state index is 5.90. The van der Waals surface area contributed by atoms with Crippen LogP contribution in [-0.4, -0.2) is 5.84 Å². The zero-order valence-electron chi connectivity index (χ0n) is 12.6. The van der Waals surface area contributed by atoms with Crippen molar-refractivity contribution in [3.63, 3.8) is 0 Å². The molecule has 1 heterocycles. The Kier molecular flexibility index (Phi) is 3.17. The van der Waals surface area contributed by atoms with Gasteiger partial charge in [-0.25, -0.2) is 0 Å². The molecular formula is C19H20N2. The van der Waals surface area contributed by atoms with Crippen LogP contribution >= 0.6 is 0 Å². The molecule has 21 heavy (non-hydrogen) atoms. The molecule has 1 aliphatic rings. The summed E-state index contributed by atoms with van der Waals surface area (Å²) in [6.45, 7) is 8.35. The Morgan fingerprint density at radius 3 is 2.38 bits per heavy atom. The van der Waals surface area contributed by atoms with Crippen LogP contribution < -0.4 is 5.73 Å². The van der Waals surface area contributed by atoms with E-state index in [1.165, 1.54) is 16.7 Å². The zero-order chi connectivity index (χ0) is 15.0. The molecule has 0 saturated heterocycles. The molecule has 0 radical (unpaired) electrons. The van der Waals surface area contributed by atoms with Gasteiger partial charge in [-0.15, -0.1) is 0 Å². The highest BCUT2D eigenvalue weighted by Gasteiger charge is 2.34. The highest BCUT2D eigenvalue weighted by Crippen LogP contribution is 2.39. The van der Waals surface area contributed by atoms with E-state index in [0.29, 0.717) is 12.3 Å². The molecule has 2 N–H and O–H groups in total. The molecule has 0 amide bonds. The van der Waals surface area contributed by atoms with Gasteiger partial charge in [0.25, 0.3) is 0 Å². The standard InChI is InChI=1S/C19H20N2/c1-13-6-4-7-15(10-13)16-8-5-9-17(12-16)19(3)14(2)11-18(20)21-19/h4-10,12H,2,11H2,1,3H3,(H2,20,21). The molecule has 1 aliphatic heterocycles. The Labute approximate surface area is 126 Å². The quantitative estimate of drug-likeness (QED) is 0.820. The Hall–Kier alpha value is -2.35. The van der Waals surface area contributed by atoms with Gasteiger partial charge in [0.05, 0.1) is 5.84 Å². The number of rotatable bonds is 2. The van der Waals surface area contributed by atoms with Gasteiger partial charge < -0.3 is 5.73 Å². The Morgan fingerprint density at radius 1 is 1.10 bits per heavy atom. The lowest BCUT2D eigenvalue weighted by molar-refractivity contribution is 0.612. The predicted octanol–water partition coefficient (Wildman–Crippen LogP) is 4.19. The Bertz CT molecular complexity index is 743. The number of hydrogen-bond donors (Lipinski definition) is 1. The van der Waals surface area contributed by atoms with Crippen LogP contribution in [0.3, 0.4) is 0 Å². The van der Waals surface area contributed by atoms with Crippen LogP contribution in [0.4, 0.5) is 0 Å². The molecule has 3 rings (SSSR count). The van der Waals surface area contributed by atoms with E-state index in [4.69, 9.17) is 5.73 Å². The van der Waals surface area contributed by atoms with Crippen LogP contribution in [-0.2, 0) is 5.54 Å². The smallest absolute Gasteiger partial charge is 0.106 e. The number of aliphatic imine (C=N–C) groups is 1. The first kappa shape index (κ1) is 13.6. The van der Waals surface area contributed by atoms with Crippen LogP contribution in [0.15, 0.2) is 65.7 Å². The maximum Gasteiger partial charge on any atom is 0.106 e. The van der Waals surface area contributed by atoms with Gasteiger partial charge in [0.1, 0.15) is 5.54 Å². The van der Waals surface area contributed by atoms with Crippen molar-refractivity contribution in [3.8, 4) is 11.1 Å². The summed E-state index contributed by atoms with van der Waals surface area (Å²) < 4.78 is 0. The summed E-state index contributed by atoms with van der Waals surface area (Å²) in [5.74, 6) is 0.670. The number of benzene rings is 2. The third kappa shape index (κ3) is 2.38. The summed E-state index contributed by atoms with van der Waals surface area (Å²) in [6, 6.07) is 17.0. The summed E-state index contributed by atoms with van der Waals surface area (Å²) in [6.07, 6.45) is 0.686. The first-order valence-electron chi connectivity index (χ1n) is 7.19. The molecule has 0 aromatic heterocycles. The van der Waals surface area contributed by atoms with Crippen molar-refractivity contribution < 1.29 is 0 Å². The second-order valence-electron chi connectivity index (χ2n) is 5.91. The first-order valence-corrected chi connectivity index (χ1v) is 7.19. The number of hydrogen-bond acceptors (Lipinski definition) is 2. The summed E-state index contributed by atoms with van der Waals surface area (Å²) in [7, 11) is 0. The van der Waals surface area contributed by atoms with Crippen LogP contribution in [0, 0.1) is 6.92 Å². The van der Waals surface area contributed by atoms with E-state index in [9.17, 15) is 0 Å². The largest absolute Gasteiger partial charge is 0.387 e. The summed E-state index contributed by atoms with van der Waals surface area (Å²) in [4.78, 5) is 4.62. The molecular weight excluding hydrogens is 256 g/mol. The molecule has 0 fully saturated rings. The fraction of sp³-hybridized carbons (Fsp3) is 0.211.